The Bertz CT molecular complexity index is 582. The zero-order valence-electron chi connectivity index (χ0n) is 9.46. The molecule has 1 aromatic heterocycles. The molecular weight excluding hydrogens is 316 g/mol. The molecule has 1 heterocycles. The number of ketones is 1. The number of halogens is 1. The Morgan fingerprint density at radius 1 is 1.50 bits per heavy atom. The van der Waals surface area contributed by atoms with E-state index in [2.05, 4.69) is 25.5 Å². The van der Waals surface area contributed by atoms with Crippen molar-refractivity contribution in [3.05, 3.63) is 45.4 Å². The van der Waals surface area contributed by atoms with Gasteiger partial charge in [-0.3, -0.25) is 4.79 Å². The number of allylic oxidation sites excluding steroid dienone is 1. The summed E-state index contributed by atoms with van der Waals surface area (Å²) >= 11 is 4.59. The molecule has 2 aromatic rings. The third kappa shape index (κ3) is 3.02. The first-order chi connectivity index (χ1) is 8.70. The highest BCUT2D eigenvalue weighted by Gasteiger charge is 2.06. The minimum atomic E-state index is -0.0913. The SMILES string of the molecule is COc1ccc(C(=O)/C=C/c2csnn2)cc1Br. The van der Waals surface area contributed by atoms with Crippen LogP contribution in [-0.4, -0.2) is 22.5 Å². The summed E-state index contributed by atoms with van der Waals surface area (Å²) in [6, 6.07) is 5.19. The van der Waals surface area contributed by atoms with Crippen LogP contribution in [0.1, 0.15) is 16.1 Å². The van der Waals surface area contributed by atoms with Crippen LogP contribution in [-0.2, 0) is 0 Å². The average molecular weight is 325 g/mol. The van der Waals surface area contributed by atoms with Crippen LogP contribution in [0, 0.1) is 0 Å². The van der Waals surface area contributed by atoms with Crippen LogP contribution in [0.3, 0.4) is 0 Å². The monoisotopic (exact) mass is 324 g/mol. The normalized spacial score (nSPS) is 10.8. The van der Waals surface area contributed by atoms with Gasteiger partial charge in [0.15, 0.2) is 5.78 Å². The summed E-state index contributed by atoms with van der Waals surface area (Å²) in [7, 11) is 1.58. The summed E-state index contributed by atoms with van der Waals surface area (Å²) in [6.07, 6.45) is 3.12. The first kappa shape index (κ1) is 12.9. The fourth-order valence-electron chi connectivity index (χ4n) is 1.32. The number of aromatic nitrogens is 2. The number of hydrogen-bond acceptors (Lipinski definition) is 5. The van der Waals surface area contributed by atoms with Crippen molar-refractivity contribution in [2.24, 2.45) is 0 Å². The smallest absolute Gasteiger partial charge is 0.185 e. The Hall–Kier alpha value is -1.53. The quantitative estimate of drug-likeness (QED) is 0.640. The molecule has 0 aliphatic heterocycles. The van der Waals surface area contributed by atoms with Gasteiger partial charge in [-0.15, -0.1) is 5.10 Å². The van der Waals surface area contributed by atoms with E-state index in [1.807, 2.05) is 0 Å². The number of rotatable bonds is 4. The van der Waals surface area contributed by atoms with Crippen molar-refractivity contribution in [2.45, 2.75) is 0 Å². The van der Waals surface area contributed by atoms with Gasteiger partial charge in [0.2, 0.25) is 0 Å². The van der Waals surface area contributed by atoms with Gasteiger partial charge >= 0.3 is 0 Å². The third-order valence-electron chi connectivity index (χ3n) is 2.22. The molecule has 0 amide bonds. The highest BCUT2D eigenvalue weighted by Crippen LogP contribution is 2.25. The van der Waals surface area contributed by atoms with E-state index < -0.39 is 0 Å². The minimum Gasteiger partial charge on any atom is -0.496 e. The van der Waals surface area contributed by atoms with Gasteiger partial charge in [-0.25, -0.2) is 0 Å². The fourth-order valence-corrected chi connectivity index (χ4v) is 2.28. The molecule has 0 spiro atoms. The summed E-state index contributed by atoms with van der Waals surface area (Å²) in [4.78, 5) is 11.9. The van der Waals surface area contributed by atoms with E-state index in [0.717, 1.165) is 4.47 Å². The molecule has 0 fully saturated rings. The summed E-state index contributed by atoms with van der Waals surface area (Å²) in [5.41, 5.74) is 1.27. The lowest BCUT2D eigenvalue weighted by molar-refractivity contribution is 0.104. The minimum absolute atomic E-state index is 0.0913. The molecule has 0 atom stereocenters. The molecule has 18 heavy (non-hydrogen) atoms. The van der Waals surface area contributed by atoms with Crippen LogP contribution < -0.4 is 4.74 Å². The van der Waals surface area contributed by atoms with E-state index >= 15 is 0 Å². The van der Waals surface area contributed by atoms with Gasteiger partial charge in [-0.1, -0.05) is 4.49 Å². The summed E-state index contributed by atoms with van der Waals surface area (Å²) in [6.45, 7) is 0. The number of carbonyl (C=O) groups is 1. The molecule has 0 saturated carbocycles. The van der Waals surface area contributed by atoms with E-state index in [-0.39, 0.29) is 5.78 Å². The van der Waals surface area contributed by atoms with E-state index in [1.54, 1.807) is 36.8 Å². The molecule has 0 aliphatic rings. The molecule has 0 unspecified atom stereocenters. The van der Waals surface area contributed by atoms with Crippen LogP contribution in [0.5, 0.6) is 5.75 Å². The van der Waals surface area contributed by atoms with Gasteiger partial charge < -0.3 is 4.74 Å². The number of ether oxygens (including phenoxy) is 1. The summed E-state index contributed by atoms with van der Waals surface area (Å²) in [5.74, 6) is 0.602. The molecule has 0 aliphatic carbocycles. The number of nitrogens with zero attached hydrogens (tertiary/aromatic N) is 2. The van der Waals surface area contributed by atoms with Crippen molar-refractivity contribution >= 4 is 39.3 Å². The molecule has 92 valence electrons. The first-order valence-corrected chi connectivity index (χ1v) is 6.66. The fraction of sp³-hybridized carbons (Fsp3) is 0.0833. The first-order valence-electron chi connectivity index (χ1n) is 5.03. The predicted octanol–water partition coefficient (Wildman–Crippen LogP) is 3.21. The van der Waals surface area contributed by atoms with Crippen molar-refractivity contribution < 1.29 is 9.53 Å². The zero-order valence-corrected chi connectivity index (χ0v) is 11.9. The second-order valence-corrected chi connectivity index (χ2v) is 4.84. The lowest BCUT2D eigenvalue weighted by Crippen LogP contribution is -1.95. The second kappa shape index (κ2) is 5.88. The third-order valence-corrected chi connectivity index (χ3v) is 3.36. The Kier molecular flexibility index (Phi) is 4.22. The van der Waals surface area contributed by atoms with Gasteiger partial charge in [-0.2, -0.15) is 0 Å². The Morgan fingerprint density at radius 3 is 2.94 bits per heavy atom. The molecule has 0 radical (unpaired) electrons. The highest BCUT2D eigenvalue weighted by molar-refractivity contribution is 9.10. The van der Waals surface area contributed by atoms with E-state index in [0.29, 0.717) is 17.0 Å². The maximum Gasteiger partial charge on any atom is 0.185 e. The number of benzene rings is 1. The van der Waals surface area contributed by atoms with Crippen molar-refractivity contribution in [3.63, 3.8) is 0 Å². The maximum atomic E-state index is 11.9. The van der Waals surface area contributed by atoms with Crippen molar-refractivity contribution in [1.82, 2.24) is 9.59 Å². The summed E-state index contributed by atoms with van der Waals surface area (Å²) in [5, 5.41) is 5.60. The largest absolute Gasteiger partial charge is 0.496 e. The number of carbonyl (C=O) groups excluding carboxylic acids is 1. The Labute approximate surface area is 117 Å². The molecular formula is C12H9BrN2O2S. The average Bonchev–Trinajstić information content (AvgIpc) is 2.89. The Balaban J connectivity index is 2.16. The van der Waals surface area contributed by atoms with Crippen LogP contribution >= 0.6 is 27.5 Å². The molecule has 2 rings (SSSR count). The van der Waals surface area contributed by atoms with Gasteiger partial charge in [0.05, 0.1) is 17.3 Å². The molecule has 4 nitrogen and oxygen atoms in total. The highest BCUT2D eigenvalue weighted by atomic mass is 79.9. The van der Waals surface area contributed by atoms with E-state index in [9.17, 15) is 4.79 Å². The van der Waals surface area contributed by atoms with Crippen LogP contribution in [0.15, 0.2) is 34.1 Å². The molecule has 1 aromatic carbocycles. The standard InChI is InChI=1S/C12H9BrN2O2S/c1-17-12-5-2-8(6-10(12)13)11(16)4-3-9-7-18-15-14-9/h2-7H,1H3/b4-3+. The second-order valence-electron chi connectivity index (χ2n) is 3.38. The van der Waals surface area contributed by atoms with Crippen molar-refractivity contribution in [3.8, 4) is 5.75 Å². The molecule has 0 N–H and O–H groups in total. The van der Waals surface area contributed by atoms with Gasteiger partial charge in [-0.05, 0) is 57.8 Å². The molecule has 6 heteroatoms. The van der Waals surface area contributed by atoms with Crippen molar-refractivity contribution in [1.29, 1.82) is 0 Å². The van der Waals surface area contributed by atoms with Crippen LogP contribution in [0.2, 0.25) is 0 Å². The molecule has 0 saturated heterocycles. The number of methoxy groups -OCH3 is 1. The zero-order chi connectivity index (χ0) is 13.0. The topological polar surface area (TPSA) is 52.1 Å². The van der Waals surface area contributed by atoms with Crippen molar-refractivity contribution in [2.75, 3.05) is 7.11 Å². The lowest BCUT2D eigenvalue weighted by Gasteiger charge is -2.03. The lowest BCUT2D eigenvalue weighted by atomic mass is 10.1. The number of hydrogen-bond donors (Lipinski definition) is 0. The van der Waals surface area contributed by atoms with Gasteiger partial charge in [0, 0.05) is 10.9 Å². The van der Waals surface area contributed by atoms with E-state index in [1.165, 1.54) is 17.6 Å². The van der Waals surface area contributed by atoms with Gasteiger partial charge in [0.1, 0.15) is 5.75 Å². The van der Waals surface area contributed by atoms with Crippen LogP contribution in [0.4, 0.5) is 0 Å². The van der Waals surface area contributed by atoms with Crippen LogP contribution in [0.25, 0.3) is 6.08 Å². The summed E-state index contributed by atoms with van der Waals surface area (Å²) < 4.78 is 9.57. The predicted molar refractivity (Wildman–Crippen MR) is 74.0 cm³/mol. The Morgan fingerprint density at radius 2 is 2.33 bits per heavy atom. The van der Waals surface area contributed by atoms with Gasteiger partial charge in [0.25, 0.3) is 0 Å². The maximum absolute atomic E-state index is 11.9. The molecule has 0 bridgehead atoms. The van der Waals surface area contributed by atoms with E-state index in [4.69, 9.17) is 4.74 Å².